The molecule has 0 bridgehead atoms. The van der Waals surface area contributed by atoms with E-state index in [0.717, 1.165) is 0 Å². The molecule has 1 saturated carbocycles. The standard InChI is InChI=1S/C12H24N2O2/c1-5-13-12(3,11(15)16)8-9(2)14(4)10-6-7-10/h9-10,13H,5-8H2,1-4H3,(H,15,16). The molecule has 0 saturated heterocycles. The average Bonchev–Trinajstić information content (AvgIpc) is 2.99. The minimum absolute atomic E-state index is 0.299. The first-order valence-electron chi connectivity index (χ1n) is 6.11. The van der Waals surface area contributed by atoms with E-state index in [9.17, 15) is 9.90 Å². The van der Waals surface area contributed by atoms with Crippen LogP contribution in [0.2, 0.25) is 0 Å². The molecule has 0 aromatic rings. The zero-order chi connectivity index (χ0) is 12.3. The van der Waals surface area contributed by atoms with Gasteiger partial charge in [0, 0.05) is 12.1 Å². The van der Waals surface area contributed by atoms with E-state index in [1.165, 1.54) is 12.8 Å². The summed E-state index contributed by atoms with van der Waals surface area (Å²) in [6, 6.07) is 0.974. The molecule has 1 rings (SSSR count). The van der Waals surface area contributed by atoms with Crippen molar-refractivity contribution in [2.45, 2.75) is 57.7 Å². The van der Waals surface area contributed by atoms with E-state index in [-0.39, 0.29) is 0 Å². The molecule has 0 aliphatic heterocycles. The Morgan fingerprint density at radius 1 is 1.62 bits per heavy atom. The van der Waals surface area contributed by atoms with Gasteiger partial charge in [-0.2, -0.15) is 0 Å². The van der Waals surface area contributed by atoms with Crippen molar-refractivity contribution in [3.8, 4) is 0 Å². The number of carboxylic acid groups (broad SMARTS) is 1. The molecular weight excluding hydrogens is 204 g/mol. The molecule has 2 unspecified atom stereocenters. The fraction of sp³-hybridized carbons (Fsp3) is 0.917. The molecule has 2 atom stereocenters. The number of carboxylic acids is 1. The summed E-state index contributed by atoms with van der Waals surface area (Å²) in [7, 11) is 2.09. The predicted molar refractivity (Wildman–Crippen MR) is 64.6 cm³/mol. The van der Waals surface area contributed by atoms with Crippen molar-refractivity contribution in [2.75, 3.05) is 13.6 Å². The first-order chi connectivity index (χ1) is 7.40. The van der Waals surface area contributed by atoms with E-state index < -0.39 is 11.5 Å². The molecule has 16 heavy (non-hydrogen) atoms. The molecule has 4 nitrogen and oxygen atoms in total. The second-order valence-electron chi connectivity index (χ2n) is 5.12. The Bertz CT molecular complexity index is 253. The van der Waals surface area contributed by atoms with Gasteiger partial charge in [-0.25, -0.2) is 0 Å². The van der Waals surface area contributed by atoms with Crippen molar-refractivity contribution < 1.29 is 9.90 Å². The summed E-state index contributed by atoms with van der Waals surface area (Å²) in [6.45, 7) is 6.51. The number of aliphatic carboxylic acids is 1. The average molecular weight is 228 g/mol. The van der Waals surface area contributed by atoms with Gasteiger partial charge in [0.05, 0.1) is 0 Å². The lowest BCUT2D eigenvalue weighted by Crippen LogP contribution is -2.53. The van der Waals surface area contributed by atoms with Crippen LogP contribution in [0.1, 0.15) is 40.0 Å². The van der Waals surface area contributed by atoms with Crippen LogP contribution in [0.5, 0.6) is 0 Å². The van der Waals surface area contributed by atoms with Gasteiger partial charge in [-0.15, -0.1) is 0 Å². The first kappa shape index (κ1) is 13.5. The zero-order valence-electron chi connectivity index (χ0n) is 10.8. The Morgan fingerprint density at radius 2 is 2.19 bits per heavy atom. The van der Waals surface area contributed by atoms with Crippen molar-refractivity contribution >= 4 is 5.97 Å². The van der Waals surface area contributed by atoms with E-state index in [1.54, 1.807) is 6.92 Å². The highest BCUT2D eigenvalue weighted by atomic mass is 16.4. The van der Waals surface area contributed by atoms with Crippen molar-refractivity contribution in [1.29, 1.82) is 0 Å². The van der Waals surface area contributed by atoms with Crippen LogP contribution < -0.4 is 5.32 Å². The van der Waals surface area contributed by atoms with E-state index in [4.69, 9.17) is 0 Å². The van der Waals surface area contributed by atoms with Crippen LogP contribution in [0.15, 0.2) is 0 Å². The van der Waals surface area contributed by atoms with Gasteiger partial charge in [-0.3, -0.25) is 4.79 Å². The SMILES string of the molecule is CCNC(C)(CC(C)N(C)C1CC1)C(=O)O. The van der Waals surface area contributed by atoms with Gasteiger partial charge < -0.3 is 15.3 Å². The molecule has 1 aliphatic carbocycles. The summed E-state index contributed by atoms with van der Waals surface area (Å²) in [5.74, 6) is -0.759. The van der Waals surface area contributed by atoms with Gasteiger partial charge in [-0.1, -0.05) is 6.92 Å². The molecule has 0 amide bonds. The van der Waals surface area contributed by atoms with Gasteiger partial charge in [-0.05, 0) is 46.7 Å². The quantitative estimate of drug-likeness (QED) is 0.690. The Hall–Kier alpha value is -0.610. The smallest absolute Gasteiger partial charge is 0.323 e. The van der Waals surface area contributed by atoms with Crippen molar-refractivity contribution in [2.24, 2.45) is 0 Å². The largest absolute Gasteiger partial charge is 0.480 e. The fourth-order valence-electron chi connectivity index (χ4n) is 2.20. The molecule has 0 aromatic carbocycles. The van der Waals surface area contributed by atoms with Crippen LogP contribution in [0.4, 0.5) is 0 Å². The van der Waals surface area contributed by atoms with Crippen LogP contribution >= 0.6 is 0 Å². The molecule has 4 heteroatoms. The highest BCUT2D eigenvalue weighted by Gasteiger charge is 2.37. The lowest BCUT2D eigenvalue weighted by Gasteiger charge is -2.33. The third kappa shape index (κ3) is 3.19. The Morgan fingerprint density at radius 3 is 2.56 bits per heavy atom. The molecule has 1 fully saturated rings. The molecule has 2 N–H and O–H groups in total. The summed E-state index contributed by atoms with van der Waals surface area (Å²) in [5, 5.41) is 12.3. The number of nitrogens with zero attached hydrogens (tertiary/aromatic N) is 1. The van der Waals surface area contributed by atoms with E-state index in [2.05, 4.69) is 24.2 Å². The lowest BCUT2D eigenvalue weighted by atomic mass is 9.93. The summed E-state index contributed by atoms with van der Waals surface area (Å²) < 4.78 is 0. The van der Waals surface area contributed by atoms with Crippen LogP contribution in [0.25, 0.3) is 0 Å². The van der Waals surface area contributed by atoms with Crippen molar-refractivity contribution in [3.63, 3.8) is 0 Å². The van der Waals surface area contributed by atoms with Crippen LogP contribution in [-0.4, -0.2) is 47.2 Å². The summed E-state index contributed by atoms with van der Waals surface area (Å²) in [6.07, 6.45) is 3.15. The number of hydrogen-bond acceptors (Lipinski definition) is 3. The van der Waals surface area contributed by atoms with Crippen LogP contribution in [-0.2, 0) is 4.79 Å². The number of likely N-dealkylation sites (N-methyl/N-ethyl adjacent to an activating group) is 1. The van der Waals surface area contributed by atoms with E-state index >= 15 is 0 Å². The monoisotopic (exact) mass is 228 g/mol. The topological polar surface area (TPSA) is 52.6 Å². The maximum absolute atomic E-state index is 11.3. The molecular formula is C12H24N2O2. The van der Waals surface area contributed by atoms with Crippen LogP contribution in [0, 0.1) is 0 Å². The predicted octanol–water partition coefficient (Wildman–Crippen LogP) is 1.31. The second-order valence-corrected chi connectivity index (χ2v) is 5.12. The Labute approximate surface area is 98.0 Å². The van der Waals surface area contributed by atoms with Crippen molar-refractivity contribution in [1.82, 2.24) is 10.2 Å². The highest BCUT2D eigenvalue weighted by molar-refractivity contribution is 5.78. The van der Waals surface area contributed by atoms with Gasteiger partial charge in [0.1, 0.15) is 5.54 Å². The number of rotatable bonds is 7. The number of nitrogens with one attached hydrogen (secondary N) is 1. The summed E-state index contributed by atoms with van der Waals surface area (Å²) >= 11 is 0. The number of hydrogen-bond donors (Lipinski definition) is 2. The lowest BCUT2D eigenvalue weighted by molar-refractivity contribution is -0.145. The van der Waals surface area contributed by atoms with E-state index in [0.29, 0.717) is 25.0 Å². The number of carbonyl (C=O) groups is 1. The highest BCUT2D eigenvalue weighted by Crippen LogP contribution is 2.29. The molecule has 0 heterocycles. The Balaban J connectivity index is 2.56. The zero-order valence-corrected chi connectivity index (χ0v) is 10.8. The summed E-state index contributed by atoms with van der Waals surface area (Å²) in [5.41, 5.74) is -0.808. The summed E-state index contributed by atoms with van der Waals surface area (Å²) in [4.78, 5) is 13.6. The first-order valence-corrected chi connectivity index (χ1v) is 6.11. The second kappa shape index (κ2) is 5.15. The van der Waals surface area contributed by atoms with Gasteiger partial charge in [0.15, 0.2) is 0 Å². The molecule has 0 aromatic heterocycles. The minimum atomic E-state index is -0.808. The van der Waals surface area contributed by atoms with E-state index in [1.807, 2.05) is 6.92 Å². The van der Waals surface area contributed by atoms with Crippen molar-refractivity contribution in [3.05, 3.63) is 0 Å². The minimum Gasteiger partial charge on any atom is -0.480 e. The van der Waals surface area contributed by atoms with Gasteiger partial charge in [0.2, 0.25) is 0 Å². The Kier molecular flexibility index (Phi) is 4.33. The van der Waals surface area contributed by atoms with Gasteiger partial charge in [0.25, 0.3) is 0 Å². The van der Waals surface area contributed by atoms with Crippen LogP contribution in [0.3, 0.4) is 0 Å². The maximum atomic E-state index is 11.3. The molecule has 94 valence electrons. The van der Waals surface area contributed by atoms with Gasteiger partial charge >= 0.3 is 5.97 Å². The third-order valence-electron chi connectivity index (χ3n) is 3.56. The third-order valence-corrected chi connectivity index (χ3v) is 3.56. The normalized spacial score (nSPS) is 21.8. The molecule has 0 spiro atoms. The molecule has 0 radical (unpaired) electrons. The maximum Gasteiger partial charge on any atom is 0.323 e. The molecule has 1 aliphatic rings. The fourth-order valence-corrected chi connectivity index (χ4v) is 2.20.